The van der Waals surface area contributed by atoms with Gasteiger partial charge in [0.1, 0.15) is 0 Å². The van der Waals surface area contributed by atoms with E-state index in [9.17, 15) is 9.59 Å². The highest BCUT2D eigenvalue weighted by atomic mass is 16.5. The minimum Gasteiger partial charge on any atom is -0.461 e. The molecule has 2 fully saturated rings. The van der Waals surface area contributed by atoms with Gasteiger partial charge in [-0.05, 0) is 73.1 Å². The summed E-state index contributed by atoms with van der Waals surface area (Å²) >= 11 is 0. The Hall–Kier alpha value is -3.51. The van der Waals surface area contributed by atoms with Crippen molar-refractivity contribution in [2.24, 2.45) is 0 Å². The highest BCUT2D eigenvalue weighted by Gasteiger charge is 2.46. The van der Waals surface area contributed by atoms with Gasteiger partial charge >= 0.3 is 5.97 Å². The molecule has 182 valence electrons. The summed E-state index contributed by atoms with van der Waals surface area (Å²) in [5.74, 6) is -0.640. The molecule has 2 aliphatic heterocycles. The summed E-state index contributed by atoms with van der Waals surface area (Å²) in [4.78, 5) is 33.4. The molecule has 1 aromatic heterocycles. The first-order valence-electron chi connectivity index (χ1n) is 13.1. The zero-order valence-corrected chi connectivity index (χ0v) is 20.4. The number of piperidine rings is 1. The SMILES string of the molecule is CCOC(=O)c1nc2ccccc2n(C2C[C@H]3CC[C@@H](C2)N3C2Cc3cccc4cccc2c34)c1=O. The predicted octanol–water partition coefficient (Wildman–Crippen LogP) is 5.19. The van der Waals surface area contributed by atoms with Crippen molar-refractivity contribution in [3.63, 3.8) is 0 Å². The van der Waals surface area contributed by atoms with Gasteiger partial charge in [-0.1, -0.05) is 48.5 Å². The van der Waals surface area contributed by atoms with E-state index in [4.69, 9.17) is 4.74 Å². The van der Waals surface area contributed by atoms with E-state index in [1.54, 1.807) is 6.92 Å². The Morgan fingerprint density at radius 3 is 2.50 bits per heavy atom. The molecule has 0 saturated carbocycles. The molecule has 3 aromatic carbocycles. The summed E-state index contributed by atoms with van der Waals surface area (Å²) in [6.45, 7) is 1.96. The third-order valence-electron chi connectivity index (χ3n) is 8.55. The van der Waals surface area contributed by atoms with Crippen molar-refractivity contribution < 1.29 is 9.53 Å². The number of benzene rings is 3. The monoisotopic (exact) mass is 479 g/mol. The van der Waals surface area contributed by atoms with Gasteiger partial charge in [-0.3, -0.25) is 9.69 Å². The lowest BCUT2D eigenvalue weighted by atomic mass is 9.92. The number of carbonyl (C=O) groups is 1. The molecule has 0 amide bonds. The second kappa shape index (κ2) is 8.27. The van der Waals surface area contributed by atoms with E-state index in [0.717, 1.165) is 37.6 Å². The number of hydrogen-bond donors (Lipinski definition) is 0. The summed E-state index contributed by atoms with van der Waals surface area (Å²) in [7, 11) is 0. The third-order valence-corrected chi connectivity index (χ3v) is 8.55. The quantitative estimate of drug-likeness (QED) is 0.377. The Morgan fingerprint density at radius 2 is 1.72 bits per heavy atom. The van der Waals surface area contributed by atoms with Gasteiger partial charge in [-0.15, -0.1) is 0 Å². The number of nitrogens with zero attached hydrogens (tertiary/aromatic N) is 3. The number of aromatic nitrogens is 2. The highest BCUT2D eigenvalue weighted by Crippen LogP contribution is 2.50. The number of fused-ring (bicyclic) bond motifs is 3. The fourth-order valence-corrected chi connectivity index (χ4v) is 7.24. The van der Waals surface area contributed by atoms with Gasteiger partial charge in [0.15, 0.2) is 0 Å². The number of carbonyl (C=O) groups excluding carboxylic acids is 1. The first-order chi connectivity index (χ1) is 17.6. The molecule has 2 saturated heterocycles. The summed E-state index contributed by atoms with van der Waals surface area (Å²) in [6.07, 6.45) is 5.14. The molecule has 2 bridgehead atoms. The zero-order valence-electron chi connectivity index (χ0n) is 20.4. The molecule has 6 heteroatoms. The lowest BCUT2D eigenvalue weighted by Crippen LogP contribution is -2.47. The van der Waals surface area contributed by atoms with Crippen molar-refractivity contribution >= 4 is 27.8 Å². The average molecular weight is 480 g/mol. The molecule has 3 aliphatic rings. The van der Waals surface area contributed by atoms with Crippen LogP contribution in [0.5, 0.6) is 0 Å². The van der Waals surface area contributed by atoms with Crippen molar-refractivity contribution in [3.05, 3.63) is 87.8 Å². The van der Waals surface area contributed by atoms with Crippen LogP contribution in [-0.4, -0.2) is 39.1 Å². The standard InChI is InChI=1S/C30H29N3O3/c1-2-36-30(35)28-29(34)33(25-12-4-3-11-24(25)31-28)22-16-20-13-14-21(17-22)32(20)26-15-19-9-5-7-18-8-6-10-23(26)27(18)19/h3-12,20-22,26H,2,13-17H2,1H3/t20-,21+,22?,26?. The van der Waals surface area contributed by atoms with E-state index in [-0.39, 0.29) is 23.9 Å². The van der Waals surface area contributed by atoms with Crippen LogP contribution in [0.2, 0.25) is 0 Å². The zero-order chi connectivity index (χ0) is 24.4. The lowest BCUT2D eigenvalue weighted by Gasteiger charge is -2.43. The maximum absolute atomic E-state index is 13.6. The van der Waals surface area contributed by atoms with E-state index in [0.29, 0.717) is 23.6 Å². The second-order valence-corrected chi connectivity index (χ2v) is 10.4. The van der Waals surface area contributed by atoms with Crippen molar-refractivity contribution in [3.8, 4) is 0 Å². The van der Waals surface area contributed by atoms with Gasteiger partial charge in [0.05, 0.1) is 17.6 Å². The maximum atomic E-state index is 13.6. The van der Waals surface area contributed by atoms with Gasteiger partial charge in [-0.2, -0.15) is 0 Å². The van der Waals surface area contributed by atoms with Crippen LogP contribution in [0.4, 0.5) is 0 Å². The maximum Gasteiger partial charge on any atom is 0.362 e. The molecule has 0 radical (unpaired) electrons. The van der Waals surface area contributed by atoms with Crippen LogP contribution in [0.3, 0.4) is 0 Å². The molecule has 4 atom stereocenters. The largest absolute Gasteiger partial charge is 0.461 e. The molecule has 1 aliphatic carbocycles. The summed E-state index contributed by atoms with van der Waals surface area (Å²) in [5, 5.41) is 2.76. The Morgan fingerprint density at radius 1 is 0.972 bits per heavy atom. The molecule has 6 nitrogen and oxygen atoms in total. The van der Waals surface area contributed by atoms with Crippen LogP contribution in [0.25, 0.3) is 21.8 Å². The van der Waals surface area contributed by atoms with E-state index < -0.39 is 5.97 Å². The first-order valence-corrected chi connectivity index (χ1v) is 13.1. The van der Waals surface area contributed by atoms with E-state index in [1.165, 1.54) is 21.9 Å². The average Bonchev–Trinajstić information content (AvgIpc) is 3.38. The van der Waals surface area contributed by atoms with Crippen LogP contribution < -0.4 is 5.56 Å². The fraction of sp³-hybridized carbons (Fsp3) is 0.367. The van der Waals surface area contributed by atoms with E-state index in [2.05, 4.69) is 46.3 Å². The van der Waals surface area contributed by atoms with Crippen LogP contribution in [0.1, 0.15) is 66.3 Å². The van der Waals surface area contributed by atoms with Gasteiger partial charge in [0.25, 0.3) is 5.56 Å². The predicted molar refractivity (Wildman–Crippen MR) is 139 cm³/mol. The molecule has 36 heavy (non-hydrogen) atoms. The van der Waals surface area contributed by atoms with Gasteiger partial charge in [0, 0.05) is 24.2 Å². The molecular weight excluding hydrogens is 450 g/mol. The minimum atomic E-state index is -0.640. The normalized spacial score (nSPS) is 25.0. The van der Waals surface area contributed by atoms with Crippen molar-refractivity contribution in [2.45, 2.75) is 63.2 Å². The van der Waals surface area contributed by atoms with Gasteiger partial charge in [-0.25, -0.2) is 9.78 Å². The Kier molecular flexibility index (Phi) is 5.00. The number of hydrogen-bond acceptors (Lipinski definition) is 5. The molecular formula is C30H29N3O3. The van der Waals surface area contributed by atoms with Crippen molar-refractivity contribution in [1.29, 1.82) is 0 Å². The van der Waals surface area contributed by atoms with Crippen LogP contribution in [-0.2, 0) is 11.2 Å². The van der Waals surface area contributed by atoms with E-state index in [1.807, 2.05) is 28.8 Å². The first kappa shape index (κ1) is 21.7. The Labute approximate surface area is 209 Å². The number of rotatable bonds is 4. The smallest absolute Gasteiger partial charge is 0.362 e. The highest BCUT2D eigenvalue weighted by molar-refractivity contribution is 5.91. The van der Waals surface area contributed by atoms with E-state index >= 15 is 0 Å². The molecule has 3 heterocycles. The number of para-hydroxylation sites is 2. The second-order valence-electron chi connectivity index (χ2n) is 10.4. The molecule has 4 aromatic rings. The summed E-state index contributed by atoms with van der Waals surface area (Å²) < 4.78 is 7.02. The number of ether oxygens (including phenoxy) is 1. The Balaban J connectivity index is 1.26. The molecule has 0 spiro atoms. The van der Waals surface area contributed by atoms with Gasteiger partial charge in [0.2, 0.25) is 5.69 Å². The van der Waals surface area contributed by atoms with Crippen LogP contribution in [0.15, 0.2) is 65.5 Å². The minimum absolute atomic E-state index is 0.0342. The summed E-state index contributed by atoms with van der Waals surface area (Å²) in [5.41, 5.74) is 3.92. The van der Waals surface area contributed by atoms with Crippen molar-refractivity contribution in [1.82, 2.24) is 14.5 Å². The third kappa shape index (κ3) is 3.17. The van der Waals surface area contributed by atoms with Gasteiger partial charge < -0.3 is 9.30 Å². The van der Waals surface area contributed by atoms with Crippen LogP contribution >= 0.6 is 0 Å². The topological polar surface area (TPSA) is 64.4 Å². The molecule has 0 N–H and O–H groups in total. The fourth-order valence-electron chi connectivity index (χ4n) is 7.24. The lowest BCUT2D eigenvalue weighted by molar-refractivity contribution is 0.0512. The number of esters is 1. The molecule has 2 unspecified atom stereocenters. The Bertz CT molecular complexity index is 1560. The molecule has 7 rings (SSSR count). The summed E-state index contributed by atoms with van der Waals surface area (Å²) in [6, 6.07) is 22.3. The van der Waals surface area contributed by atoms with Crippen molar-refractivity contribution in [2.75, 3.05) is 6.61 Å². The van der Waals surface area contributed by atoms with Crippen LogP contribution in [0, 0.1) is 0 Å².